The molecule has 0 saturated carbocycles. The van der Waals surface area contributed by atoms with E-state index in [1.807, 2.05) is 24.3 Å². The second-order valence-electron chi connectivity index (χ2n) is 3.35. The fraction of sp³-hybridized carbons (Fsp3) is 0.333. The van der Waals surface area contributed by atoms with Gasteiger partial charge in [0, 0.05) is 15.0 Å². The molecule has 2 aromatic rings. The summed E-state index contributed by atoms with van der Waals surface area (Å²) in [7, 11) is 0. The number of hydrogen-bond donors (Lipinski definition) is 0. The molecule has 1 aromatic carbocycles. The molecule has 0 bridgehead atoms. The van der Waals surface area contributed by atoms with Crippen LogP contribution < -0.4 is 4.74 Å². The number of ether oxygens (including phenoxy) is 1. The van der Waals surface area contributed by atoms with Gasteiger partial charge in [0.2, 0.25) is 0 Å². The molecular weight excluding hydrogens is 192 g/mol. The Kier molecular flexibility index (Phi) is 2.46. The molecule has 1 aromatic heterocycles. The molecule has 0 aliphatic rings. The Bertz CT molecular complexity index is 457. The van der Waals surface area contributed by atoms with Gasteiger partial charge in [-0.2, -0.15) is 0 Å². The summed E-state index contributed by atoms with van der Waals surface area (Å²) < 4.78 is 6.94. The summed E-state index contributed by atoms with van der Waals surface area (Å²) in [4.78, 5) is 1.38. The van der Waals surface area contributed by atoms with Crippen LogP contribution in [0.15, 0.2) is 18.2 Å². The Hall–Kier alpha value is -1.02. The topological polar surface area (TPSA) is 9.23 Å². The molecule has 14 heavy (non-hydrogen) atoms. The van der Waals surface area contributed by atoms with Crippen LogP contribution in [-0.4, -0.2) is 6.61 Å². The number of rotatable bonds is 2. The molecule has 0 N–H and O–H groups in total. The van der Waals surface area contributed by atoms with Crippen molar-refractivity contribution < 1.29 is 4.74 Å². The maximum absolute atomic E-state index is 5.62. The van der Waals surface area contributed by atoms with E-state index in [2.05, 4.69) is 26.0 Å². The SMILES string of the molecule is CCOc1cccc2sc(C)c(C)c12. The molecule has 74 valence electrons. The molecule has 2 heteroatoms. The van der Waals surface area contributed by atoms with Crippen molar-refractivity contribution >= 4 is 21.4 Å². The van der Waals surface area contributed by atoms with E-state index in [0.29, 0.717) is 0 Å². The maximum atomic E-state index is 5.62. The Labute approximate surface area is 88.3 Å². The highest BCUT2D eigenvalue weighted by Gasteiger charge is 2.09. The first-order valence-corrected chi connectivity index (χ1v) is 5.67. The molecular formula is C12H14OS. The first-order valence-electron chi connectivity index (χ1n) is 4.85. The number of fused-ring (bicyclic) bond motifs is 1. The van der Waals surface area contributed by atoms with Crippen LogP contribution in [0.5, 0.6) is 5.75 Å². The Morgan fingerprint density at radius 1 is 1.29 bits per heavy atom. The van der Waals surface area contributed by atoms with Crippen molar-refractivity contribution in [1.29, 1.82) is 0 Å². The van der Waals surface area contributed by atoms with Gasteiger partial charge in [-0.15, -0.1) is 11.3 Å². The van der Waals surface area contributed by atoms with Gasteiger partial charge in [-0.25, -0.2) is 0 Å². The van der Waals surface area contributed by atoms with Crippen LogP contribution in [-0.2, 0) is 0 Å². The lowest BCUT2D eigenvalue weighted by Crippen LogP contribution is -1.91. The third-order valence-electron chi connectivity index (χ3n) is 2.45. The van der Waals surface area contributed by atoms with Gasteiger partial charge in [0.15, 0.2) is 0 Å². The zero-order chi connectivity index (χ0) is 10.1. The molecule has 0 unspecified atom stereocenters. The van der Waals surface area contributed by atoms with Crippen molar-refractivity contribution in [2.24, 2.45) is 0 Å². The molecule has 0 amide bonds. The van der Waals surface area contributed by atoms with Crippen molar-refractivity contribution in [3.63, 3.8) is 0 Å². The highest BCUT2D eigenvalue weighted by Crippen LogP contribution is 2.36. The Morgan fingerprint density at radius 2 is 2.07 bits per heavy atom. The van der Waals surface area contributed by atoms with Gasteiger partial charge in [0.05, 0.1) is 6.61 Å². The van der Waals surface area contributed by atoms with Gasteiger partial charge < -0.3 is 4.74 Å². The first-order chi connectivity index (χ1) is 6.74. The normalized spacial score (nSPS) is 10.8. The van der Waals surface area contributed by atoms with E-state index in [1.54, 1.807) is 0 Å². The molecule has 0 radical (unpaired) electrons. The molecule has 0 saturated heterocycles. The van der Waals surface area contributed by atoms with Crippen LogP contribution in [0.2, 0.25) is 0 Å². The van der Waals surface area contributed by atoms with Crippen LogP contribution in [0.3, 0.4) is 0 Å². The molecule has 1 nitrogen and oxygen atoms in total. The van der Waals surface area contributed by atoms with Gasteiger partial charge in [-0.1, -0.05) is 6.07 Å². The number of aryl methyl sites for hydroxylation is 2. The summed E-state index contributed by atoms with van der Waals surface area (Å²) in [5, 5.41) is 1.29. The lowest BCUT2D eigenvalue weighted by Gasteiger charge is -2.04. The number of hydrogen-bond acceptors (Lipinski definition) is 2. The van der Waals surface area contributed by atoms with Crippen molar-refractivity contribution in [1.82, 2.24) is 0 Å². The smallest absolute Gasteiger partial charge is 0.128 e. The fourth-order valence-corrected chi connectivity index (χ4v) is 2.75. The van der Waals surface area contributed by atoms with E-state index in [4.69, 9.17) is 4.74 Å². The minimum atomic E-state index is 0.730. The lowest BCUT2D eigenvalue weighted by atomic mass is 10.1. The van der Waals surface area contributed by atoms with Crippen LogP contribution >= 0.6 is 11.3 Å². The van der Waals surface area contributed by atoms with Gasteiger partial charge >= 0.3 is 0 Å². The van der Waals surface area contributed by atoms with Crippen molar-refractivity contribution in [2.75, 3.05) is 6.61 Å². The van der Waals surface area contributed by atoms with Gasteiger partial charge in [0.25, 0.3) is 0 Å². The third-order valence-corrected chi connectivity index (χ3v) is 3.63. The van der Waals surface area contributed by atoms with E-state index in [-0.39, 0.29) is 0 Å². The summed E-state index contributed by atoms with van der Waals surface area (Å²) in [6.45, 7) is 7.08. The molecule has 0 aliphatic heterocycles. The molecule has 0 spiro atoms. The second-order valence-corrected chi connectivity index (χ2v) is 4.60. The number of thiophene rings is 1. The van der Waals surface area contributed by atoms with Gasteiger partial charge in [0.1, 0.15) is 5.75 Å². The van der Waals surface area contributed by atoms with Crippen molar-refractivity contribution in [3.05, 3.63) is 28.6 Å². The van der Waals surface area contributed by atoms with Gasteiger partial charge in [-0.05, 0) is 38.5 Å². The molecule has 0 aliphatic carbocycles. The summed E-state index contributed by atoms with van der Waals surface area (Å²) in [6, 6.07) is 6.26. The maximum Gasteiger partial charge on any atom is 0.128 e. The minimum absolute atomic E-state index is 0.730. The van der Waals surface area contributed by atoms with E-state index in [9.17, 15) is 0 Å². The average molecular weight is 206 g/mol. The highest BCUT2D eigenvalue weighted by molar-refractivity contribution is 7.19. The Morgan fingerprint density at radius 3 is 2.79 bits per heavy atom. The minimum Gasteiger partial charge on any atom is -0.493 e. The van der Waals surface area contributed by atoms with Crippen LogP contribution in [0, 0.1) is 13.8 Å². The fourth-order valence-electron chi connectivity index (χ4n) is 1.66. The monoisotopic (exact) mass is 206 g/mol. The number of benzene rings is 1. The first kappa shape index (κ1) is 9.53. The summed E-state index contributed by atoms with van der Waals surface area (Å²) in [5.41, 5.74) is 1.36. The predicted molar refractivity (Wildman–Crippen MR) is 62.5 cm³/mol. The summed E-state index contributed by atoms with van der Waals surface area (Å²) >= 11 is 1.84. The predicted octanol–water partition coefficient (Wildman–Crippen LogP) is 3.92. The second kappa shape index (κ2) is 3.62. The largest absolute Gasteiger partial charge is 0.493 e. The highest BCUT2D eigenvalue weighted by atomic mass is 32.1. The standard InChI is InChI=1S/C12H14OS/c1-4-13-10-6-5-7-11-12(10)8(2)9(3)14-11/h5-7H,4H2,1-3H3. The van der Waals surface area contributed by atoms with Crippen molar-refractivity contribution in [2.45, 2.75) is 20.8 Å². The molecule has 0 atom stereocenters. The zero-order valence-corrected chi connectivity index (χ0v) is 9.57. The van der Waals surface area contributed by atoms with E-state index in [1.165, 1.54) is 20.5 Å². The average Bonchev–Trinajstić information content (AvgIpc) is 2.45. The van der Waals surface area contributed by atoms with E-state index in [0.717, 1.165) is 12.4 Å². The Balaban J connectivity index is 2.71. The van der Waals surface area contributed by atoms with E-state index >= 15 is 0 Å². The zero-order valence-electron chi connectivity index (χ0n) is 8.76. The van der Waals surface area contributed by atoms with Gasteiger partial charge in [-0.3, -0.25) is 0 Å². The third kappa shape index (κ3) is 1.40. The van der Waals surface area contributed by atoms with Crippen molar-refractivity contribution in [3.8, 4) is 5.75 Å². The van der Waals surface area contributed by atoms with Crippen LogP contribution in [0.25, 0.3) is 10.1 Å². The lowest BCUT2D eigenvalue weighted by molar-refractivity contribution is 0.344. The van der Waals surface area contributed by atoms with E-state index < -0.39 is 0 Å². The molecule has 1 heterocycles. The van der Waals surface area contributed by atoms with Crippen LogP contribution in [0.1, 0.15) is 17.4 Å². The molecule has 0 fully saturated rings. The summed E-state index contributed by atoms with van der Waals surface area (Å²) in [6.07, 6.45) is 0. The quantitative estimate of drug-likeness (QED) is 0.723. The summed E-state index contributed by atoms with van der Waals surface area (Å²) in [5.74, 6) is 1.02. The van der Waals surface area contributed by atoms with Crippen LogP contribution in [0.4, 0.5) is 0 Å². The molecule has 2 rings (SSSR count).